The first-order valence-electron chi connectivity index (χ1n) is 7.05. The highest BCUT2D eigenvalue weighted by atomic mass is 19.1. The van der Waals surface area contributed by atoms with E-state index in [0.29, 0.717) is 6.54 Å². The fourth-order valence-electron chi connectivity index (χ4n) is 2.58. The summed E-state index contributed by atoms with van der Waals surface area (Å²) in [5.41, 5.74) is 0.156. The summed E-state index contributed by atoms with van der Waals surface area (Å²) < 4.78 is 27.3. The highest BCUT2D eigenvalue weighted by Gasteiger charge is 2.20. The van der Waals surface area contributed by atoms with Gasteiger partial charge in [0, 0.05) is 44.5 Å². The van der Waals surface area contributed by atoms with Crippen LogP contribution in [-0.4, -0.2) is 36.1 Å². The Morgan fingerprint density at radius 1 is 0.905 bits per heavy atom. The molecule has 0 atom stereocenters. The van der Waals surface area contributed by atoms with Crippen LogP contribution in [0.25, 0.3) is 0 Å². The van der Waals surface area contributed by atoms with Gasteiger partial charge in [-0.25, -0.2) is 13.8 Å². The highest BCUT2D eigenvalue weighted by molar-refractivity contribution is 5.38. The lowest BCUT2D eigenvalue weighted by atomic mass is 10.1. The van der Waals surface area contributed by atoms with Crippen molar-refractivity contribution in [2.75, 3.05) is 31.1 Å². The van der Waals surface area contributed by atoms with E-state index in [2.05, 4.69) is 14.8 Å². The first-order valence-corrected chi connectivity index (χ1v) is 7.05. The summed E-state index contributed by atoms with van der Waals surface area (Å²) in [4.78, 5) is 8.59. The Labute approximate surface area is 122 Å². The maximum atomic E-state index is 13.7. The van der Waals surface area contributed by atoms with E-state index in [1.807, 2.05) is 18.2 Å². The van der Waals surface area contributed by atoms with Gasteiger partial charge in [-0.2, -0.15) is 0 Å². The van der Waals surface area contributed by atoms with Crippen LogP contribution in [0.5, 0.6) is 0 Å². The molecular formula is C16H17F2N3. The monoisotopic (exact) mass is 289 g/mol. The number of aromatic nitrogens is 1. The van der Waals surface area contributed by atoms with Gasteiger partial charge in [-0.1, -0.05) is 12.1 Å². The summed E-state index contributed by atoms with van der Waals surface area (Å²) in [6, 6.07) is 9.84. The Kier molecular flexibility index (Phi) is 4.10. The van der Waals surface area contributed by atoms with Crippen molar-refractivity contribution < 1.29 is 8.78 Å². The molecule has 1 aromatic carbocycles. The molecule has 0 unspecified atom stereocenters. The molecule has 2 heterocycles. The van der Waals surface area contributed by atoms with Gasteiger partial charge in [-0.05, 0) is 24.3 Å². The molecule has 0 bridgehead atoms. The number of hydrogen-bond acceptors (Lipinski definition) is 3. The van der Waals surface area contributed by atoms with Crippen molar-refractivity contribution in [1.29, 1.82) is 0 Å². The Morgan fingerprint density at radius 2 is 1.62 bits per heavy atom. The molecule has 0 radical (unpaired) electrons. The van der Waals surface area contributed by atoms with Crippen molar-refractivity contribution in [3.05, 3.63) is 59.8 Å². The quantitative estimate of drug-likeness (QED) is 0.866. The van der Waals surface area contributed by atoms with Crippen molar-refractivity contribution in [2.45, 2.75) is 6.54 Å². The molecule has 110 valence electrons. The van der Waals surface area contributed by atoms with Crippen LogP contribution in [0, 0.1) is 11.6 Å². The lowest BCUT2D eigenvalue weighted by molar-refractivity contribution is 0.242. The van der Waals surface area contributed by atoms with Crippen molar-refractivity contribution >= 4 is 5.82 Å². The van der Waals surface area contributed by atoms with E-state index in [1.54, 1.807) is 6.20 Å². The molecule has 0 N–H and O–H groups in total. The molecule has 1 aliphatic heterocycles. The lowest BCUT2D eigenvalue weighted by Gasteiger charge is -2.35. The van der Waals surface area contributed by atoms with Crippen LogP contribution in [0.2, 0.25) is 0 Å². The molecule has 0 amide bonds. The zero-order valence-corrected chi connectivity index (χ0v) is 11.7. The SMILES string of the molecule is Fc1cccc(F)c1CN1CCN(c2ccccn2)CC1. The van der Waals surface area contributed by atoms with Gasteiger partial charge in [-0.3, -0.25) is 4.90 Å². The summed E-state index contributed by atoms with van der Waals surface area (Å²) >= 11 is 0. The van der Waals surface area contributed by atoms with Gasteiger partial charge in [-0.15, -0.1) is 0 Å². The summed E-state index contributed by atoms with van der Waals surface area (Å²) in [7, 11) is 0. The number of hydrogen-bond donors (Lipinski definition) is 0. The summed E-state index contributed by atoms with van der Waals surface area (Å²) in [5, 5.41) is 0. The number of anilines is 1. The number of rotatable bonds is 3. The molecule has 1 fully saturated rings. The Balaban J connectivity index is 1.62. The zero-order valence-electron chi connectivity index (χ0n) is 11.7. The minimum absolute atomic E-state index is 0.156. The number of pyridine rings is 1. The topological polar surface area (TPSA) is 19.4 Å². The molecule has 1 aliphatic rings. The molecule has 0 spiro atoms. The third-order valence-electron chi connectivity index (χ3n) is 3.79. The third kappa shape index (κ3) is 3.19. The van der Waals surface area contributed by atoms with Gasteiger partial charge < -0.3 is 4.90 Å². The molecule has 0 saturated carbocycles. The molecule has 2 aromatic rings. The lowest BCUT2D eigenvalue weighted by Crippen LogP contribution is -2.46. The number of piperazine rings is 1. The molecule has 1 aromatic heterocycles. The van der Waals surface area contributed by atoms with E-state index in [0.717, 1.165) is 32.0 Å². The third-order valence-corrected chi connectivity index (χ3v) is 3.79. The molecule has 5 heteroatoms. The standard InChI is InChI=1S/C16H17F2N3/c17-14-4-3-5-15(18)13(14)12-20-8-10-21(11-9-20)16-6-1-2-7-19-16/h1-7H,8-12H2. The molecule has 21 heavy (non-hydrogen) atoms. The first-order chi connectivity index (χ1) is 10.2. The van der Waals surface area contributed by atoms with E-state index in [-0.39, 0.29) is 5.56 Å². The minimum Gasteiger partial charge on any atom is -0.354 e. The normalized spacial score (nSPS) is 16.2. The van der Waals surface area contributed by atoms with Gasteiger partial charge in [0.1, 0.15) is 17.5 Å². The Hall–Kier alpha value is -2.01. The molecule has 3 rings (SSSR count). The molecular weight excluding hydrogens is 272 g/mol. The number of halogens is 2. The molecule has 3 nitrogen and oxygen atoms in total. The van der Waals surface area contributed by atoms with Crippen molar-refractivity contribution in [3.8, 4) is 0 Å². The summed E-state index contributed by atoms with van der Waals surface area (Å²) in [5.74, 6) is 0.0125. The van der Waals surface area contributed by atoms with E-state index in [9.17, 15) is 8.78 Å². The average Bonchev–Trinajstić information content (AvgIpc) is 2.53. The van der Waals surface area contributed by atoms with Crippen LogP contribution < -0.4 is 4.90 Å². The van der Waals surface area contributed by atoms with Crippen LogP contribution in [0.4, 0.5) is 14.6 Å². The second-order valence-electron chi connectivity index (χ2n) is 5.15. The molecule has 0 aliphatic carbocycles. The minimum atomic E-state index is -0.470. The predicted molar refractivity (Wildman–Crippen MR) is 78.1 cm³/mol. The van der Waals surface area contributed by atoms with Gasteiger partial charge in [0.15, 0.2) is 0 Å². The van der Waals surface area contributed by atoms with Gasteiger partial charge in [0.2, 0.25) is 0 Å². The fraction of sp³-hybridized carbons (Fsp3) is 0.312. The van der Waals surface area contributed by atoms with E-state index < -0.39 is 11.6 Å². The largest absolute Gasteiger partial charge is 0.354 e. The fourth-order valence-corrected chi connectivity index (χ4v) is 2.58. The van der Waals surface area contributed by atoms with Crippen molar-refractivity contribution in [3.63, 3.8) is 0 Å². The predicted octanol–water partition coefficient (Wildman–Crippen LogP) is 2.68. The summed E-state index contributed by atoms with van der Waals surface area (Å²) in [6.45, 7) is 3.48. The maximum Gasteiger partial charge on any atom is 0.130 e. The highest BCUT2D eigenvalue weighted by Crippen LogP contribution is 2.17. The first kappa shape index (κ1) is 13.9. The Bertz CT molecular complexity index is 575. The van der Waals surface area contributed by atoms with Crippen LogP contribution >= 0.6 is 0 Å². The van der Waals surface area contributed by atoms with Crippen LogP contribution in [-0.2, 0) is 6.54 Å². The number of nitrogens with zero attached hydrogens (tertiary/aromatic N) is 3. The number of benzene rings is 1. The average molecular weight is 289 g/mol. The zero-order chi connectivity index (χ0) is 14.7. The smallest absolute Gasteiger partial charge is 0.130 e. The second-order valence-corrected chi connectivity index (χ2v) is 5.15. The maximum absolute atomic E-state index is 13.7. The van der Waals surface area contributed by atoms with E-state index in [4.69, 9.17) is 0 Å². The second kappa shape index (κ2) is 6.18. The van der Waals surface area contributed by atoms with Crippen LogP contribution in [0.15, 0.2) is 42.6 Å². The van der Waals surface area contributed by atoms with Gasteiger partial charge in [0.05, 0.1) is 0 Å². The summed E-state index contributed by atoms with van der Waals surface area (Å²) in [6.07, 6.45) is 1.77. The Morgan fingerprint density at radius 3 is 2.24 bits per heavy atom. The van der Waals surface area contributed by atoms with Gasteiger partial charge in [0.25, 0.3) is 0 Å². The van der Waals surface area contributed by atoms with Crippen molar-refractivity contribution in [2.24, 2.45) is 0 Å². The molecule has 1 saturated heterocycles. The van der Waals surface area contributed by atoms with Gasteiger partial charge >= 0.3 is 0 Å². The van der Waals surface area contributed by atoms with E-state index >= 15 is 0 Å². The van der Waals surface area contributed by atoms with Crippen LogP contribution in [0.3, 0.4) is 0 Å². The van der Waals surface area contributed by atoms with Crippen molar-refractivity contribution in [1.82, 2.24) is 9.88 Å². The van der Waals surface area contributed by atoms with Crippen LogP contribution in [0.1, 0.15) is 5.56 Å². The van der Waals surface area contributed by atoms with E-state index in [1.165, 1.54) is 18.2 Å².